The number of rotatable bonds is 0. The molecule has 3 radical (unpaired) electrons. The quantitative estimate of drug-likeness (QED) is 0.371. The molecule has 0 rings (SSSR count). The summed E-state index contributed by atoms with van der Waals surface area (Å²) in [6, 6.07) is 0. The molecule has 0 aliphatic rings. The third-order valence-electron chi connectivity index (χ3n) is 0. The van der Waals surface area contributed by atoms with Crippen molar-refractivity contribution in [2.75, 3.05) is 0 Å². The molecule has 0 aromatic heterocycles. The third kappa shape index (κ3) is 9.94. The Bertz CT molecular complexity index is 8.00. The van der Waals surface area contributed by atoms with Crippen molar-refractivity contribution >= 4 is 9.90 Å². The molecule has 0 unspecified atom stereocenters. The molecule has 4 heavy (non-hydrogen) atoms. The Morgan fingerprint density at radius 3 is 1.00 bits per heavy atom. The Balaban J connectivity index is 0. The normalized spacial score (nSPS) is 0. The molecule has 0 heterocycles. The second kappa shape index (κ2) is 25.7. The van der Waals surface area contributed by atoms with Crippen molar-refractivity contribution in [1.82, 2.24) is 0 Å². The molecular formula is CoFeOP+5. The van der Waals surface area contributed by atoms with E-state index in [9.17, 15) is 0 Å². The molecule has 0 saturated carbocycles. The molecule has 4 heteroatoms. The van der Waals surface area contributed by atoms with Gasteiger partial charge in [0.1, 0.15) is 0 Å². The average Bonchev–Trinajstić information content (AvgIpc) is 0. The van der Waals surface area contributed by atoms with E-state index in [-0.39, 0.29) is 49.2 Å². The average molecular weight is 162 g/mol. The van der Waals surface area contributed by atoms with Gasteiger partial charge < -0.3 is 5.48 Å². The molecule has 0 spiro atoms. The van der Waals surface area contributed by atoms with E-state index >= 15 is 0 Å². The Kier molecular flexibility index (Phi) is 338. The standard InChI is InChI=1S/Co.Fe.O.P/q2*+2;-2;+3. The van der Waals surface area contributed by atoms with Crippen LogP contribution in [0, 0.1) is 0 Å². The van der Waals surface area contributed by atoms with Crippen molar-refractivity contribution in [2.45, 2.75) is 0 Å². The predicted octanol–water partition coefficient (Wildman–Crippen LogP) is 0.737. The summed E-state index contributed by atoms with van der Waals surface area (Å²) < 4.78 is 0. The summed E-state index contributed by atoms with van der Waals surface area (Å²) in [5, 5.41) is 0. The zero-order valence-corrected chi connectivity index (χ0v) is 4.58. The van der Waals surface area contributed by atoms with Gasteiger partial charge in [0.2, 0.25) is 0 Å². The second-order valence-electron chi connectivity index (χ2n) is 0. The fourth-order valence-electron chi connectivity index (χ4n) is 0. The Morgan fingerprint density at radius 1 is 1.00 bits per heavy atom. The minimum Gasteiger partial charge on any atom is -2.00 e. The van der Waals surface area contributed by atoms with Gasteiger partial charge in [-0.1, -0.05) is 0 Å². The fraction of sp³-hybridized carbons (Fsp3) is 0. The third-order valence-corrected chi connectivity index (χ3v) is 0. The summed E-state index contributed by atoms with van der Waals surface area (Å²) in [7, 11) is 0. The molecule has 0 amide bonds. The van der Waals surface area contributed by atoms with Crippen molar-refractivity contribution in [3.63, 3.8) is 0 Å². The van der Waals surface area contributed by atoms with E-state index in [2.05, 4.69) is 0 Å². The van der Waals surface area contributed by atoms with E-state index in [0.29, 0.717) is 0 Å². The van der Waals surface area contributed by atoms with E-state index in [1.807, 2.05) is 0 Å². The zero-order valence-electron chi connectivity index (χ0n) is 1.54. The van der Waals surface area contributed by atoms with Crippen molar-refractivity contribution < 1.29 is 39.3 Å². The van der Waals surface area contributed by atoms with E-state index in [0.717, 1.165) is 0 Å². The van der Waals surface area contributed by atoms with Crippen LogP contribution >= 0.6 is 9.90 Å². The van der Waals surface area contributed by atoms with Crippen LogP contribution in [0.2, 0.25) is 0 Å². The van der Waals surface area contributed by atoms with Crippen LogP contribution in [0.1, 0.15) is 0 Å². The topological polar surface area (TPSA) is 28.5 Å². The largest absolute Gasteiger partial charge is 3.00 e. The first-order valence-electron chi connectivity index (χ1n) is 0. The Hall–Kier alpha value is 1.42. The number of hydrogen-bond acceptors (Lipinski definition) is 0. The van der Waals surface area contributed by atoms with Crippen LogP contribution < -0.4 is 0 Å². The van der Waals surface area contributed by atoms with Gasteiger partial charge in [-0.15, -0.1) is 0 Å². The van der Waals surface area contributed by atoms with Gasteiger partial charge >= 0.3 is 43.7 Å². The van der Waals surface area contributed by atoms with Gasteiger partial charge in [-0.05, 0) is 0 Å². The molecule has 0 atom stereocenters. The van der Waals surface area contributed by atoms with Gasteiger partial charge in [0.25, 0.3) is 0 Å². The number of hydrogen-bond donors (Lipinski definition) is 0. The maximum atomic E-state index is 0. The molecule has 0 aromatic rings. The van der Waals surface area contributed by atoms with E-state index < -0.39 is 0 Å². The van der Waals surface area contributed by atoms with Crippen LogP contribution in [0.4, 0.5) is 0 Å². The SMILES string of the molecule is [Co+2].[Fe+2].[O-2].[P+3]. The van der Waals surface area contributed by atoms with Crippen LogP contribution in [0.3, 0.4) is 0 Å². The Labute approximate surface area is 49.5 Å². The smallest absolute Gasteiger partial charge is 2.00 e. The van der Waals surface area contributed by atoms with Crippen LogP contribution in [-0.2, 0) is 39.3 Å². The summed E-state index contributed by atoms with van der Waals surface area (Å²) in [4.78, 5) is 0. The molecule has 0 N–H and O–H groups in total. The van der Waals surface area contributed by atoms with E-state index in [1.54, 1.807) is 0 Å². The summed E-state index contributed by atoms with van der Waals surface area (Å²) in [5.41, 5.74) is 0. The second-order valence-corrected chi connectivity index (χ2v) is 0. The fourth-order valence-corrected chi connectivity index (χ4v) is 0. The molecule has 1 nitrogen and oxygen atoms in total. The van der Waals surface area contributed by atoms with Crippen LogP contribution in [0.25, 0.3) is 0 Å². The molecule has 0 aromatic carbocycles. The maximum Gasteiger partial charge on any atom is 3.00 e. The van der Waals surface area contributed by atoms with E-state index in [1.165, 1.54) is 0 Å². The molecular weight excluding hydrogens is 162 g/mol. The summed E-state index contributed by atoms with van der Waals surface area (Å²) in [6.07, 6.45) is 0. The first-order chi connectivity index (χ1) is 0. The minimum atomic E-state index is 0. The Morgan fingerprint density at radius 2 is 1.00 bits per heavy atom. The molecule has 23 valence electrons. The molecule has 0 bridgehead atoms. The molecule has 0 fully saturated rings. The van der Waals surface area contributed by atoms with Crippen LogP contribution in [-0.4, -0.2) is 0 Å². The molecule has 0 saturated heterocycles. The van der Waals surface area contributed by atoms with Crippen molar-refractivity contribution in [3.05, 3.63) is 0 Å². The van der Waals surface area contributed by atoms with Gasteiger partial charge in [-0.25, -0.2) is 0 Å². The van der Waals surface area contributed by atoms with Gasteiger partial charge in [0.05, 0.1) is 0 Å². The van der Waals surface area contributed by atoms with Gasteiger partial charge in [0.15, 0.2) is 0 Å². The summed E-state index contributed by atoms with van der Waals surface area (Å²) >= 11 is 0. The summed E-state index contributed by atoms with van der Waals surface area (Å²) in [6.45, 7) is 0. The predicted molar refractivity (Wildman–Crippen MR) is 7.61 cm³/mol. The van der Waals surface area contributed by atoms with Crippen LogP contribution in [0.5, 0.6) is 0 Å². The van der Waals surface area contributed by atoms with Crippen molar-refractivity contribution in [2.24, 2.45) is 0 Å². The van der Waals surface area contributed by atoms with Crippen molar-refractivity contribution in [1.29, 1.82) is 0 Å². The van der Waals surface area contributed by atoms with Gasteiger partial charge in [0, 0.05) is 0 Å². The van der Waals surface area contributed by atoms with Gasteiger partial charge in [-0.2, -0.15) is 0 Å². The monoisotopic (exact) mass is 162 g/mol. The van der Waals surface area contributed by atoms with E-state index in [4.69, 9.17) is 0 Å². The first kappa shape index (κ1) is 52.7. The van der Waals surface area contributed by atoms with Crippen LogP contribution in [0.15, 0.2) is 0 Å². The molecule has 0 aliphatic carbocycles. The maximum absolute atomic E-state index is 0. The van der Waals surface area contributed by atoms with Gasteiger partial charge in [-0.3, -0.25) is 0 Å². The summed E-state index contributed by atoms with van der Waals surface area (Å²) in [5.74, 6) is 0. The first-order valence-corrected chi connectivity index (χ1v) is 0. The zero-order chi connectivity index (χ0) is 0. The van der Waals surface area contributed by atoms with Crippen molar-refractivity contribution in [3.8, 4) is 0 Å². The minimum absolute atomic E-state index is 0. The molecule has 0 aliphatic heterocycles.